The summed E-state index contributed by atoms with van der Waals surface area (Å²) in [5.41, 5.74) is 1.32. The normalized spacial score (nSPS) is 10.5. The second kappa shape index (κ2) is 8.61. The van der Waals surface area contributed by atoms with E-state index in [4.69, 9.17) is 32.7 Å². The molecule has 0 N–H and O–H groups in total. The maximum atomic E-state index is 12.3. The Morgan fingerprint density at radius 3 is 2.67 bits per heavy atom. The van der Waals surface area contributed by atoms with Gasteiger partial charge in [-0.05, 0) is 30.3 Å². The first-order valence-electron chi connectivity index (χ1n) is 7.95. The molecule has 1 amide bonds. The SMILES string of the molecule is COc1ccccc1N(C(C)=O)c1nc(COc2ccc(Cl)cc2Cl)cs1. The number of nitrogens with zero attached hydrogens (tertiary/aromatic N) is 2. The molecule has 5 nitrogen and oxygen atoms in total. The minimum atomic E-state index is -0.165. The zero-order chi connectivity index (χ0) is 19.4. The van der Waals surface area contributed by atoms with Crippen LogP contribution in [0, 0.1) is 0 Å². The highest BCUT2D eigenvalue weighted by molar-refractivity contribution is 7.14. The van der Waals surface area contributed by atoms with Gasteiger partial charge in [0.25, 0.3) is 0 Å². The van der Waals surface area contributed by atoms with Gasteiger partial charge >= 0.3 is 0 Å². The van der Waals surface area contributed by atoms with Crippen molar-refractivity contribution in [2.75, 3.05) is 12.0 Å². The Labute approximate surface area is 171 Å². The zero-order valence-electron chi connectivity index (χ0n) is 14.6. The predicted molar refractivity (Wildman–Crippen MR) is 109 cm³/mol. The topological polar surface area (TPSA) is 51.7 Å². The van der Waals surface area contributed by atoms with Crippen molar-refractivity contribution in [3.8, 4) is 11.5 Å². The third-order valence-electron chi connectivity index (χ3n) is 3.64. The highest BCUT2D eigenvalue weighted by Gasteiger charge is 2.21. The quantitative estimate of drug-likeness (QED) is 0.509. The number of hydrogen-bond donors (Lipinski definition) is 0. The van der Waals surface area contributed by atoms with Crippen molar-refractivity contribution in [1.29, 1.82) is 0 Å². The summed E-state index contributed by atoms with van der Waals surface area (Å²) in [5, 5.41) is 3.34. The summed E-state index contributed by atoms with van der Waals surface area (Å²) in [5.74, 6) is 0.944. The molecule has 0 saturated carbocycles. The molecule has 0 atom stereocenters. The number of methoxy groups -OCH3 is 1. The van der Waals surface area contributed by atoms with E-state index in [0.717, 1.165) is 0 Å². The Morgan fingerprint density at radius 1 is 1.19 bits per heavy atom. The molecular formula is C19H16Cl2N2O3S. The Hall–Kier alpha value is -2.28. The third kappa shape index (κ3) is 4.53. The lowest BCUT2D eigenvalue weighted by molar-refractivity contribution is -0.115. The fraction of sp³-hybridized carbons (Fsp3) is 0.158. The van der Waals surface area contributed by atoms with E-state index in [0.29, 0.717) is 38.1 Å². The number of thiazole rings is 1. The van der Waals surface area contributed by atoms with Gasteiger partial charge in [-0.1, -0.05) is 35.3 Å². The van der Waals surface area contributed by atoms with Crippen molar-refractivity contribution in [1.82, 2.24) is 4.98 Å². The van der Waals surface area contributed by atoms with Crippen molar-refractivity contribution < 1.29 is 14.3 Å². The van der Waals surface area contributed by atoms with E-state index < -0.39 is 0 Å². The number of rotatable bonds is 6. The van der Waals surface area contributed by atoms with E-state index in [1.54, 1.807) is 31.4 Å². The van der Waals surface area contributed by atoms with Crippen molar-refractivity contribution in [3.05, 3.63) is 63.6 Å². The van der Waals surface area contributed by atoms with Gasteiger partial charge in [0.1, 0.15) is 18.1 Å². The Bertz CT molecular complexity index is 962. The van der Waals surface area contributed by atoms with Crippen LogP contribution in [0.4, 0.5) is 10.8 Å². The van der Waals surface area contributed by atoms with Gasteiger partial charge in [0.15, 0.2) is 5.13 Å². The lowest BCUT2D eigenvalue weighted by Crippen LogP contribution is -2.23. The Morgan fingerprint density at radius 2 is 1.96 bits per heavy atom. The summed E-state index contributed by atoms with van der Waals surface area (Å²) in [6.45, 7) is 1.70. The lowest BCUT2D eigenvalue weighted by Gasteiger charge is -2.20. The van der Waals surface area contributed by atoms with Gasteiger partial charge in [-0.3, -0.25) is 9.69 Å². The number of halogens is 2. The number of ether oxygens (including phenoxy) is 2. The van der Waals surface area contributed by atoms with Gasteiger partial charge in [-0.25, -0.2) is 4.98 Å². The number of carbonyl (C=O) groups is 1. The molecule has 1 aromatic heterocycles. The summed E-state index contributed by atoms with van der Waals surface area (Å²) in [6, 6.07) is 12.3. The predicted octanol–water partition coefficient (Wildman–Crippen LogP) is 5.72. The number of hydrogen-bond acceptors (Lipinski definition) is 5. The van der Waals surface area contributed by atoms with Crippen LogP contribution in [0.1, 0.15) is 12.6 Å². The summed E-state index contributed by atoms with van der Waals surface area (Å²) in [4.78, 5) is 18.3. The average Bonchev–Trinajstić information content (AvgIpc) is 3.09. The van der Waals surface area contributed by atoms with Crippen LogP contribution in [0.25, 0.3) is 0 Å². The molecule has 140 valence electrons. The molecule has 0 aliphatic heterocycles. The molecule has 0 spiro atoms. The van der Waals surface area contributed by atoms with Crippen LogP contribution in [0.3, 0.4) is 0 Å². The third-order valence-corrected chi connectivity index (χ3v) is 5.05. The van der Waals surface area contributed by atoms with E-state index in [1.807, 2.05) is 23.6 Å². The number of amides is 1. The van der Waals surface area contributed by atoms with Gasteiger partial charge in [-0.15, -0.1) is 11.3 Å². The van der Waals surface area contributed by atoms with Crippen LogP contribution in [0.15, 0.2) is 47.8 Å². The van der Waals surface area contributed by atoms with Crippen LogP contribution < -0.4 is 14.4 Å². The highest BCUT2D eigenvalue weighted by atomic mass is 35.5. The van der Waals surface area contributed by atoms with Crippen LogP contribution in [-0.4, -0.2) is 18.0 Å². The van der Waals surface area contributed by atoms with Crippen LogP contribution >= 0.6 is 34.5 Å². The molecule has 0 aliphatic rings. The number of carbonyl (C=O) groups excluding carboxylic acids is 1. The summed E-state index contributed by atoms with van der Waals surface area (Å²) in [6.07, 6.45) is 0. The first kappa shape index (κ1) is 19.5. The minimum absolute atomic E-state index is 0.165. The fourth-order valence-corrected chi connectivity index (χ4v) is 3.76. The van der Waals surface area contributed by atoms with Crippen LogP contribution in [0.2, 0.25) is 10.0 Å². The molecule has 0 bridgehead atoms. The second-order valence-electron chi connectivity index (χ2n) is 5.51. The highest BCUT2D eigenvalue weighted by Crippen LogP contribution is 2.35. The molecule has 1 heterocycles. The molecule has 27 heavy (non-hydrogen) atoms. The number of para-hydroxylation sites is 2. The Kier molecular flexibility index (Phi) is 6.21. The van der Waals surface area contributed by atoms with E-state index in [9.17, 15) is 4.79 Å². The maximum absolute atomic E-state index is 12.3. The van der Waals surface area contributed by atoms with Crippen molar-refractivity contribution in [2.24, 2.45) is 0 Å². The monoisotopic (exact) mass is 422 g/mol. The molecule has 3 rings (SSSR count). The molecular weight excluding hydrogens is 407 g/mol. The first-order chi connectivity index (χ1) is 13.0. The second-order valence-corrected chi connectivity index (χ2v) is 7.19. The molecule has 0 aliphatic carbocycles. The van der Waals surface area contributed by atoms with Gasteiger partial charge in [0.2, 0.25) is 5.91 Å². The molecule has 0 fully saturated rings. The van der Waals surface area contributed by atoms with Gasteiger partial charge in [0, 0.05) is 17.3 Å². The number of aromatic nitrogens is 1. The minimum Gasteiger partial charge on any atom is -0.495 e. The molecule has 3 aromatic rings. The Balaban J connectivity index is 1.81. The molecule has 0 radical (unpaired) electrons. The van der Waals surface area contributed by atoms with E-state index in [1.165, 1.54) is 23.2 Å². The number of anilines is 2. The van der Waals surface area contributed by atoms with Crippen molar-refractivity contribution in [3.63, 3.8) is 0 Å². The maximum Gasteiger partial charge on any atom is 0.230 e. The van der Waals surface area contributed by atoms with Gasteiger partial charge in [0.05, 0.1) is 23.5 Å². The lowest BCUT2D eigenvalue weighted by atomic mass is 10.2. The van der Waals surface area contributed by atoms with E-state index in [-0.39, 0.29) is 12.5 Å². The van der Waals surface area contributed by atoms with Crippen LogP contribution in [0.5, 0.6) is 11.5 Å². The van der Waals surface area contributed by atoms with Crippen LogP contribution in [-0.2, 0) is 11.4 Å². The molecule has 0 saturated heterocycles. The molecule has 2 aromatic carbocycles. The largest absolute Gasteiger partial charge is 0.495 e. The van der Waals surface area contributed by atoms with Crippen molar-refractivity contribution >= 4 is 51.3 Å². The average molecular weight is 423 g/mol. The van der Waals surface area contributed by atoms with E-state index in [2.05, 4.69) is 4.98 Å². The summed E-state index contributed by atoms with van der Waals surface area (Å²) in [7, 11) is 1.56. The number of benzene rings is 2. The standard InChI is InChI=1S/C19H16Cl2N2O3S/c1-12(24)23(16-5-3-4-6-18(16)25-2)19-22-14(11-27-19)10-26-17-8-7-13(20)9-15(17)21/h3-9,11H,10H2,1-2H3. The summed E-state index contributed by atoms with van der Waals surface area (Å²) >= 11 is 13.3. The fourth-order valence-electron chi connectivity index (χ4n) is 2.43. The molecule has 0 unspecified atom stereocenters. The van der Waals surface area contributed by atoms with Gasteiger partial charge in [-0.2, -0.15) is 0 Å². The summed E-state index contributed by atoms with van der Waals surface area (Å²) < 4.78 is 11.1. The van der Waals surface area contributed by atoms with E-state index >= 15 is 0 Å². The molecule has 8 heteroatoms. The van der Waals surface area contributed by atoms with Gasteiger partial charge < -0.3 is 9.47 Å². The smallest absolute Gasteiger partial charge is 0.230 e. The first-order valence-corrected chi connectivity index (χ1v) is 9.59. The zero-order valence-corrected chi connectivity index (χ0v) is 16.9. The van der Waals surface area contributed by atoms with Crippen molar-refractivity contribution in [2.45, 2.75) is 13.5 Å².